The Morgan fingerprint density at radius 2 is 2.21 bits per heavy atom. The monoisotopic (exact) mass is 263 g/mol. The molecule has 0 bridgehead atoms. The summed E-state index contributed by atoms with van der Waals surface area (Å²) in [7, 11) is 3.27. The number of ether oxygens (including phenoxy) is 1. The average Bonchev–Trinajstić information content (AvgIpc) is 2.95. The van der Waals surface area contributed by atoms with E-state index in [0.717, 1.165) is 0 Å². The SMILES string of the molecule is COc1cc(C(=O)Cc2ncnn2C(C)C)nn1C. The zero-order chi connectivity index (χ0) is 14.0. The number of nitrogens with zero attached hydrogens (tertiary/aromatic N) is 5. The maximum Gasteiger partial charge on any atom is 0.211 e. The van der Waals surface area contributed by atoms with Gasteiger partial charge in [0.25, 0.3) is 0 Å². The minimum absolute atomic E-state index is 0.103. The van der Waals surface area contributed by atoms with E-state index in [1.54, 1.807) is 24.9 Å². The average molecular weight is 263 g/mol. The van der Waals surface area contributed by atoms with Crippen molar-refractivity contribution in [2.24, 2.45) is 7.05 Å². The van der Waals surface area contributed by atoms with Gasteiger partial charge in [0.2, 0.25) is 5.88 Å². The van der Waals surface area contributed by atoms with Crippen LogP contribution in [0.25, 0.3) is 0 Å². The molecule has 0 aliphatic heterocycles. The number of hydrogen-bond acceptors (Lipinski definition) is 5. The van der Waals surface area contributed by atoms with Gasteiger partial charge < -0.3 is 4.74 Å². The topological polar surface area (TPSA) is 74.8 Å². The van der Waals surface area contributed by atoms with Gasteiger partial charge in [-0.1, -0.05) is 0 Å². The summed E-state index contributed by atoms with van der Waals surface area (Å²) in [6.07, 6.45) is 1.64. The number of ketones is 1. The van der Waals surface area contributed by atoms with Gasteiger partial charge in [-0.05, 0) is 13.8 Å². The Morgan fingerprint density at radius 1 is 1.47 bits per heavy atom. The van der Waals surface area contributed by atoms with Crippen LogP contribution >= 0.6 is 0 Å². The van der Waals surface area contributed by atoms with E-state index >= 15 is 0 Å². The highest BCUT2D eigenvalue weighted by Gasteiger charge is 2.17. The van der Waals surface area contributed by atoms with Gasteiger partial charge >= 0.3 is 0 Å². The third-order valence-electron chi connectivity index (χ3n) is 2.79. The van der Waals surface area contributed by atoms with E-state index < -0.39 is 0 Å². The second kappa shape index (κ2) is 5.21. The Labute approximate surface area is 111 Å². The van der Waals surface area contributed by atoms with Gasteiger partial charge in [0.05, 0.1) is 13.5 Å². The van der Waals surface area contributed by atoms with E-state index in [1.165, 1.54) is 11.0 Å². The zero-order valence-corrected chi connectivity index (χ0v) is 11.5. The van der Waals surface area contributed by atoms with E-state index in [4.69, 9.17) is 4.74 Å². The summed E-state index contributed by atoms with van der Waals surface area (Å²) >= 11 is 0. The summed E-state index contributed by atoms with van der Waals surface area (Å²) in [6.45, 7) is 3.99. The fourth-order valence-corrected chi connectivity index (χ4v) is 1.84. The largest absolute Gasteiger partial charge is 0.481 e. The van der Waals surface area contributed by atoms with Gasteiger partial charge in [0.15, 0.2) is 5.78 Å². The summed E-state index contributed by atoms with van der Waals surface area (Å²) in [5, 5.41) is 8.23. The minimum Gasteiger partial charge on any atom is -0.481 e. The van der Waals surface area contributed by atoms with Gasteiger partial charge in [-0.15, -0.1) is 0 Å². The second-order valence-electron chi connectivity index (χ2n) is 4.51. The van der Waals surface area contributed by atoms with Crippen LogP contribution in [0.3, 0.4) is 0 Å². The molecule has 0 spiro atoms. The summed E-state index contributed by atoms with van der Waals surface area (Å²) in [5.74, 6) is 1.09. The number of Topliss-reactive ketones (excluding diaryl/α,β-unsaturated/α-hetero) is 1. The van der Waals surface area contributed by atoms with Crippen molar-refractivity contribution in [3.63, 3.8) is 0 Å². The lowest BCUT2D eigenvalue weighted by atomic mass is 10.2. The molecule has 0 atom stereocenters. The number of aromatic nitrogens is 5. The first-order valence-electron chi connectivity index (χ1n) is 6.02. The van der Waals surface area contributed by atoms with Crippen molar-refractivity contribution in [3.05, 3.63) is 23.9 Å². The molecule has 2 aromatic heterocycles. The molecule has 0 radical (unpaired) electrons. The van der Waals surface area contributed by atoms with Crippen LogP contribution < -0.4 is 4.74 Å². The van der Waals surface area contributed by atoms with Crippen molar-refractivity contribution in [1.29, 1.82) is 0 Å². The molecule has 0 saturated carbocycles. The second-order valence-corrected chi connectivity index (χ2v) is 4.51. The molecule has 0 aliphatic rings. The molecule has 7 heteroatoms. The molecule has 0 unspecified atom stereocenters. The first-order valence-corrected chi connectivity index (χ1v) is 6.02. The maximum absolute atomic E-state index is 12.2. The molecule has 102 valence electrons. The molecule has 0 N–H and O–H groups in total. The van der Waals surface area contributed by atoms with E-state index in [0.29, 0.717) is 17.4 Å². The Balaban J connectivity index is 2.18. The van der Waals surface area contributed by atoms with Crippen molar-refractivity contribution in [1.82, 2.24) is 24.5 Å². The van der Waals surface area contributed by atoms with Crippen LogP contribution in [-0.2, 0) is 13.5 Å². The quantitative estimate of drug-likeness (QED) is 0.753. The molecule has 0 aliphatic carbocycles. The number of carbonyl (C=O) groups is 1. The smallest absolute Gasteiger partial charge is 0.211 e. The molecule has 2 rings (SSSR count). The highest BCUT2D eigenvalue weighted by molar-refractivity contribution is 5.95. The van der Waals surface area contributed by atoms with Crippen LogP contribution in [0, 0.1) is 0 Å². The molecular formula is C12H17N5O2. The summed E-state index contributed by atoms with van der Waals surface area (Å²) in [4.78, 5) is 16.3. The van der Waals surface area contributed by atoms with Crippen LogP contribution in [0.2, 0.25) is 0 Å². The standard InChI is InChI=1S/C12H17N5O2/c1-8(2)17-11(13-7-14-17)6-10(18)9-5-12(19-4)16(3)15-9/h5,7-8H,6H2,1-4H3. The molecule has 0 aromatic carbocycles. The highest BCUT2D eigenvalue weighted by Crippen LogP contribution is 2.14. The third kappa shape index (κ3) is 2.64. The lowest BCUT2D eigenvalue weighted by molar-refractivity contribution is 0.0983. The van der Waals surface area contributed by atoms with E-state index in [2.05, 4.69) is 15.2 Å². The number of rotatable bonds is 5. The molecule has 2 heterocycles. The van der Waals surface area contributed by atoms with Crippen molar-refractivity contribution >= 4 is 5.78 Å². The number of hydrogen-bond donors (Lipinski definition) is 0. The van der Waals surface area contributed by atoms with Crippen molar-refractivity contribution in [2.45, 2.75) is 26.3 Å². The molecule has 2 aromatic rings. The fraction of sp³-hybridized carbons (Fsp3) is 0.500. The summed E-state index contributed by atoms with van der Waals surface area (Å²) in [5.41, 5.74) is 0.373. The fourth-order valence-electron chi connectivity index (χ4n) is 1.84. The van der Waals surface area contributed by atoms with Crippen molar-refractivity contribution in [2.75, 3.05) is 7.11 Å². The normalized spacial score (nSPS) is 11.0. The van der Waals surface area contributed by atoms with E-state index in [1.807, 2.05) is 13.8 Å². The van der Waals surface area contributed by atoms with Crippen LogP contribution in [-0.4, -0.2) is 37.4 Å². The molecule has 0 amide bonds. The Hall–Kier alpha value is -2.18. The maximum atomic E-state index is 12.2. The number of carbonyl (C=O) groups excluding carboxylic acids is 1. The Kier molecular flexibility index (Phi) is 3.64. The van der Waals surface area contributed by atoms with Crippen LogP contribution in [0.1, 0.15) is 36.2 Å². The van der Waals surface area contributed by atoms with Gasteiger partial charge in [-0.25, -0.2) is 14.3 Å². The van der Waals surface area contributed by atoms with Gasteiger partial charge in [-0.3, -0.25) is 4.79 Å². The van der Waals surface area contributed by atoms with Gasteiger partial charge in [-0.2, -0.15) is 10.2 Å². The number of methoxy groups -OCH3 is 1. The Bertz CT molecular complexity index is 585. The number of aryl methyl sites for hydroxylation is 1. The molecule has 19 heavy (non-hydrogen) atoms. The predicted octanol–water partition coefficient (Wildman–Crippen LogP) is 1.03. The summed E-state index contributed by atoms with van der Waals surface area (Å²) in [6, 6.07) is 1.79. The molecular weight excluding hydrogens is 246 g/mol. The van der Waals surface area contributed by atoms with Crippen LogP contribution in [0.15, 0.2) is 12.4 Å². The predicted molar refractivity (Wildman–Crippen MR) is 68.2 cm³/mol. The Morgan fingerprint density at radius 3 is 2.79 bits per heavy atom. The minimum atomic E-state index is -0.103. The molecule has 7 nitrogen and oxygen atoms in total. The van der Waals surface area contributed by atoms with Gasteiger partial charge in [0.1, 0.15) is 17.8 Å². The van der Waals surface area contributed by atoms with Gasteiger partial charge in [0, 0.05) is 19.2 Å². The van der Waals surface area contributed by atoms with E-state index in [9.17, 15) is 4.79 Å². The molecule has 0 saturated heterocycles. The first-order chi connectivity index (χ1) is 9.02. The van der Waals surface area contributed by atoms with Crippen molar-refractivity contribution in [3.8, 4) is 5.88 Å². The van der Waals surface area contributed by atoms with E-state index in [-0.39, 0.29) is 18.2 Å². The van der Waals surface area contributed by atoms with Crippen LogP contribution in [0.5, 0.6) is 5.88 Å². The van der Waals surface area contributed by atoms with Crippen molar-refractivity contribution < 1.29 is 9.53 Å². The zero-order valence-electron chi connectivity index (χ0n) is 11.5. The summed E-state index contributed by atoms with van der Waals surface area (Å²) < 4.78 is 8.35. The lowest BCUT2D eigenvalue weighted by Gasteiger charge is -2.07. The highest BCUT2D eigenvalue weighted by atomic mass is 16.5. The first kappa shape index (κ1) is 13.3. The molecule has 0 fully saturated rings. The van der Waals surface area contributed by atoms with Crippen LogP contribution in [0.4, 0.5) is 0 Å². The lowest BCUT2D eigenvalue weighted by Crippen LogP contribution is -2.13. The third-order valence-corrected chi connectivity index (χ3v) is 2.79.